The number of aliphatic imine (C=N–C) groups is 2. The Kier molecular flexibility index (Phi) is 9.73. The highest BCUT2D eigenvalue weighted by molar-refractivity contribution is 7.26. The average Bonchev–Trinajstić information content (AvgIpc) is 3.97. The number of benzene rings is 10. The van der Waals surface area contributed by atoms with E-state index in [1.807, 2.05) is 11.3 Å². The molecule has 3 heterocycles. The van der Waals surface area contributed by atoms with Gasteiger partial charge in [0.25, 0.3) is 0 Å². The van der Waals surface area contributed by atoms with Crippen molar-refractivity contribution in [1.29, 1.82) is 0 Å². The Balaban J connectivity index is 1.05. The van der Waals surface area contributed by atoms with Gasteiger partial charge >= 0.3 is 0 Å². The van der Waals surface area contributed by atoms with Gasteiger partial charge in [-0.1, -0.05) is 218 Å². The standard InChI is InChI=1S/C63H42N4S/c1-5-17-41(18-6-1)43-29-33-47(34-30-43)61-64-62(48-35-31-44(32-36-48)42-19-7-2-8-20-42)66-63(65-61)49-39-54(45-21-9-3-10-22-45)58(55(40-49)46-23-11-4-12-24-46)67-56-27-15-13-25-50(56)52-37-38-53-51-26-14-16-28-57(51)68-60(53)59(52)67/h1-40,61H,(H,64,65,66). The molecule has 0 saturated carbocycles. The lowest BCUT2D eigenvalue weighted by Gasteiger charge is -2.26. The van der Waals surface area contributed by atoms with Crippen molar-refractivity contribution in [2.45, 2.75) is 6.17 Å². The van der Waals surface area contributed by atoms with Crippen LogP contribution in [-0.4, -0.2) is 16.2 Å². The quantitative estimate of drug-likeness (QED) is 0.162. The molecule has 13 rings (SSSR count). The van der Waals surface area contributed by atoms with E-state index in [0.717, 1.165) is 67.1 Å². The fourth-order valence-electron chi connectivity index (χ4n) is 9.98. The fourth-order valence-corrected chi connectivity index (χ4v) is 11.2. The van der Waals surface area contributed by atoms with Crippen molar-refractivity contribution in [3.8, 4) is 50.2 Å². The number of aromatic nitrogens is 1. The van der Waals surface area contributed by atoms with Gasteiger partial charge in [0, 0.05) is 48.5 Å². The molecule has 1 atom stereocenters. The van der Waals surface area contributed by atoms with E-state index in [9.17, 15) is 0 Å². The van der Waals surface area contributed by atoms with Crippen LogP contribution >= 0.6 is 11.3 Å². The summed E-state index contributed by atoms with van der Waals surface area (Å²) in [6.07, 6.45) is -0.394. The first-order valence-corrected chi connectivity index (χ1v) is 23.9. The molecule has 0 aliphatic carbocycles. The summed E-state index contributed by atoms with van der Waals surface area (Å²) >= 11 is 1.88. The number of rotatable bonds is 8. The summed E-state index contributed by atoms with van der Waals surface area (Å²) in [6.45, 7) is 0. The van der Waals surface area contributed by atoms with Crippen LogP contribution < -0.4 is 5.32 Å². The summed E-state index contributed by atoms with van der Waals surface area (Å²) in [6, 6.07) is 87.1. The summed E-state index contributed by atoms with van der Waals surface area (Å²) in [5.74, 6) is 1.44. The number of amidine groups is 2. The molecule has 0 saturated heterocycles. The molecule has 1 N–H and O–H groups in total. The molecule has 2 aromatic heterocycles. The highest BCUT2D eigenvalue weighted by Crippen LogP contribution is 2.47. The zero-order chi connectivity index (χ0) is 45.0. The van der Waals surface area contributed by atoms with Gasteiger partial charge in [-0.05, 0) is 63.2 Å². The third-order valence-electron chi connectivity index (χ3n) is 13.3. The lowest BCUT2D eigenvalue weighted by Crippen LogP contribution is -2.33. The van der Waals surface area contributed by atoms with Crippen molar-refractivity contribution >= 4 is 65.0 Å². The second-order valence-corrected chi connectivity index (χ2v) is 18.4. The van der Waals surface area contributed by atoms with Crippen molar-refractivity contribution in [3.05, 3.63) is 259 Å². The molecular weight excluding hydrogens is 845 g/mol. The van der Waals surface area contributed by atoms with Crippen molar-refractivity contribution in [2.24, 2.45) is 9.98 Å². The Labute approximate surface area is 398 Å². The number of hydrogen-bond acceptors (Lipinski definition) is 4. The van der Waals surface area contributed by atoms with Crippen LogP contribution in [0.1, 0.15) is 22.9 Å². The van der Waals surface area contributed by atoms with Crippen LogP contribution in [0, 0.1) is 0 Å². The van der Waals surface area contributed by atoms with Gasteiger partial charge in [0.2, 0.25) is 0 Å². The number of para-hydroxylation sites is 1. The molecule has 10 aromatic carbocycles. The molecule has 0 radical (unpaired) electrons. The largest absolute Gasteiger partial charge is 0.344 e. The summed E-state index contributed by atoms with van der Waals surface area (Å²) in [4.78, 5) is 10.8. The van der Waals surface area contributed by atoms with Crippen molar-refractivity contribution in [1.82, 2.24) is 9.88 Å². The smallest absolute Gasteiger partial charge is 0.159 e. The second kappa shape index (κ2) is 16.7. The van der Waals surface area contributed by atoms with E-state index < -0.39 is 6.17 Å². The van der Waals surface area contributed by atoms with Gasteiger partial charge < -0.3 is 9.88 Å². The highest BCUT2D eigenvalue weighted by Gasteiger charge is 2.27. The van der Waals surface area contributed by atoms with Crippen molar-refractivity contribution in [2.75, 3.05) is 0 Å². The number of nitrogens with zero attached hydrogens (tertiary/aromatic N) is 3. The molecule has 12 aromatic rings. The summed E-state index contributed by atoms with van der Waals surface area (Å²) in [7, 11) is 0. The maximum Gasteiger partial charge on any atom is 0.159 e. The zero-order valence-corrected chi connectivity index (χ0v) is 37.7. The molecule has 1 unspecified atom stereocenters. The monoisotopic (exact) mass is 886 g/mol. The number of fused-ring (bicyclic) bond motifs is 7. The zero-order valence-electron chi connectivity index (χ0n) is 36.9. The Morgan fingerprint density at radius 2 is 0.882 bits per heavy atom. The molecule has 68 heavy (non-hydrogen) atoms. The predicted octanol–water partition coefficient (Wildman–Crippen LogP) is 16.3. The molecular formula is C63H42N4S. The normalized spacial score (nSPS) is 13.7. The Morgan fingerprint density at radius 1 is 0.397 bits per heavy atom. The van der Waals surface area contributed by atoms with Crippen molar-refractivity contribution in [3.63, 3.8) is 0 Å². The molecule has 5 heteroatoms. The summed E-state index contributed by atoms with van der Waals surface area (Å²) < 4.78 is 5.11. The summed E-state index contributed by atoms with van der Waals surface area (Å²) in [5, 5.41) is 8.87. The van der Waals surface area contributed by atoms with Crippen LogP contribution in [0.2, 0.25) is 0 Å². The lowest BCUT2D eigenvalue weighted by molar-refractivity contribution is 0.674. The minimum absolute atomic E-state index is 0.394. The third-order valence-corrected chi connectivity index (χ3v) is 14.5. The minimum Gasteiger partial charge on any atom is -0.344 e. The van der Waals surface area contributed by atoms with Crippen LogP contribution in [0.25, 0.3) is 92.2 Å². The lowest BCUT2D eigenvalue weighted by atomic mass is 9.92. The number of thiophene rings is 1. The Hall–Kier alpha value is -8.64. The Morgan fingerprint density at radius 3 is 1.50 bits per heavy atom. The highest BCUT2D eigenvalue weighted by atomic mass is 32.1. The second-order valence-electron chi connectivity index (χ2n) is 17.3. The van der Waals surface area contributed by atoms with Crippen LogP contribution in [0.5, 0.6) is 0 Å². The summed E-state index contributed by atoms with van der Waals surface area (Å²) in [5.41, 5.74) is 15.6. The van der Waals surface area contributed by atoms with E-state index in [4.69, 9.17) is 9.98 Å². The van der Waals surface area contributed by atoms with E-state index in [1.165, 1.54) is 47.6 Å². The minimum atomic E-state index is -0.394. The molecule has 320 valence electrons. The third kappa shape index (κ3) is 6.91. The van der Waals surface area contributed by atoms with Crippen molar-refractivity contribution < 1.29 is 0 Å². The van der Waals surface area contributed by atoms with E-state index in [-0.39, 0.29) is 0 Å². The van der Waals surface area contributed by atoms with Crippen LogP contribution in [0.15, 0.2) is 253 Å². The average molecular weight is 887 g/mol. The first kappa shape index (κ1) is 39.7. The topological polar surface area (TPSA) is 41.7 Å². The number of nitrogens with one attached hydrogen (secondary N) is 1. The van der Waals surface area contributed by atoms with Crippen LogP contribution in [0.3, 0.4) is 0 Å². The molecule has 0 fully saturated rings. The van der Waals surface area contributed by atoms with E-state index >= 15 is 0 Å². The molecule has 1 aliphatic heterocycles. The maximum absolute atomic E-state index is 5.44. The molecule has 0 amide bonds. The van der Waals surface area contributed by atoms with Crippen LogP contribution in [0.4, 0.5) is 0 Å². The van der Waals surface area contributed by atoms with E-state index in [2.05, 4.69) is 253 Å². The van der Waals surface area contributed by atoms with E-state index in [1.54, 1.807) is 0 Å². The van der Waals surface area contributed by atoms with Gasteiger partial charge in [0.1, 0.15) is 12.0 Å². The number of hydrogen-bond donors (Lipinski definition) is 1. The van der Waals surface area contributed by atoms with Gasteiger partial charge in [0.05, 0.1) is 21.4 Å². The first-order valence-electron chi connectivity index (χ1n) is 23.1. The molecule has 0 bridgehead atoms. The SMILES string of the molecule is c1ccc(-c2ccc(C3=NC(c4ccc(-c5ccccc5)cc4)NC(c4cc(-c5ccccc5)c(-n5c6ccccc6c6ccc7c8ccccc8sc7c65)c(-c5ccccc5)c4)=N3)cc2)cc1. The first-order chi connectivity index (χ1) is 33.7. The molecule has 1 aliphatic rings. The maximum atomic E-state index is 5.44. The molecule has 0 spiro atoms. The fraction of sp³-hybridized carbons (Fsp3) is 0.0159. The van der Waals surface area contributed by atoms with E-state index in [0.29, 0.717) is 5.84 Å². The van der Waals surface area contributed by atoms with Gasteiger partial charge in [-0.3, -0.25) is 0 Å². The Bertz CT molecular complexity index is 3830. The predicted molar refractivity (Wildman–Crippen MR) is 287 cm³/mol. The van der Waals surface area contributed by atoms with Gasteiger partial charge in [0.15, 0.2) is 5.84 Å². The van der Waals surface area contributed by atoms with Gasteiger partial charge in [-0.25, -0.2) is 9.98 Å². The van der Waals surface area contributed by atoms with Gasteiger partial charge in [-0.2, -0.15) is 0 Å². The van der Waals surface area contributed by atoms with Gasteiger partial charge in [-0.15, -0.1) is 11.3 Å². The molecule has 4 nitrogen and oxygen atoms in total. The van der Waals surface area contributed by atoms with Crippen LogP contribution in [-0.2, 0) is 0 Å².